The molecule has 0 spiro atoms. The summed E-state index contributed by atoms with van der Waals surface area (Å²) in [5, 5.41) is 0. The van der Waals surface area contributed by atoms with Crippen molar-refractivity contribution < 1.29 is 33.3 Å². The van der Waals surface area contributed by atoms with E-state index in [1.165, 1.54) is 19.4 Å². The van der Waals surface area contributed by atoms with E-state index in [9.17, 15) is 24.0 Å². The average Bonchev–Trinajstić information content (AvgIpc) is 3.33. The van der Waals surface area contributed by atoms with E-state index in [1.807, 2.05) is 0 Å². The lowest BCUT2D eigenvalue weighted by Gasteiger charge is -2.19. The minimum absolute atomic E-state index is 0.00427. The van der Waals surface area contributed by atoms with Crippen LogP contribution < -0.4 is 11.2 Å². The van der Waals surface area contributed by atoms with Crippen LogP contribution in [0.1, 0.15) is 38.9 Å². The second kappa shape index (κ2) is 12.0. The number of nitrogens with one attached hydrogen (secondary N) is 1. The van der Waals surface area contributed by atoms with E-state index in [-0.39, 0.29) is 18.6 Å². The molecule has 0 saturated carbocycles. The van der Waals surface area contributed by atoms with Crippen molar-refractivity contribution in [3.05, 3.63) is 110 Å². The number of H-pyrrole nitrogens is 1. The number of carbonyl (C=O) groups is 3. The van der Waals surface area contributed by atoms with Gasteiger partial charge in [0.25, 0.3) is 5.56 Å². The summed E-state index contributed by atoms with van der Waals surface area (Å²) >= 11 is 0. The molecule has 11 nitrogen and oxygen atoms in total. The van der Waals surface area contributed by atoms with E-state index < -0.39 is 47.6 Å². The van der Waals surface area contributed by atoms with Gasteiger partial charge >= 0.3 is 23.6 Å². The van der Waals surface area contributed by atoms with Gasteiger partial charge in [-0.3, -0.25) is 14.3 Å². The van der Waals surface area contributed by atoms with Gasteiger partial charge < -0.3 is 18.9 Å². The fourth-order valence-corrected chi connectivity index (χ4v) is 3.80. The molecule has 3 atom stereocenters. The Morgan fingerprint density at radius 2 is 1.63 bits per heavy atom. The summed E-state index contributed by atoms with van der Waals surface area (Å²) in [7, 11) is 1.19. The fraction of sp³-hybridized carbons (Fsp3) is 0.222. The molecule has 11 heteroatoms. The van der Waals surface area contributed by atoms with Crippen LogP contribution in [0.15, 0.2) is 82.5 Å². The van der Waals surface area contributed by atoms with Crippen LogP contribution in [0, 0.1) is 0 Å². The molecule has 1 saturated heterocycles. The summed E-state index contributed by atoms with van der Waals surface area (Å²) in [4.78, 5) is 63.6. The van der Waals surface area contributed by atoms with Crippen molar-refractivity contribution in [2.24, 2.45) is 0 Å². The predicted octanol–water partition coefficient (Wildman–Crippen LogP) is 2.09. The van der Waals surface area contributed by atoms with Crippen LogP contribution in [0.4, 0.5) is 0 Å². The summed E-state index contributed by atoms with van der Waals surface area (Å²) in [6, 6.07) is 16.6. The molecule has 1 N–H and O–H groups in total. The molecule has 0 aliphatic carbocycles. The van der Waals surface area contributed by atoms with Gasteiger partial charge in [0, 0.05) is 18.7 Å². The van der Waals surface area contributed by atoms with Gasteiger partial charge in [-0.25, -0.2) is 19.2 Å². The molecule has 196 valence electrons. The monoisotopic (exact) mass is 520 g/mol. The Hall–Kier alpha value is -4.77. The van der Waals surface area contributed by atoms with Crippen molar-refractivity contribution in [3.8, 4) is 0 Å². The Balaban J connectivity index is 1.57. The van der Waals surface area contributed by atoms with Crippen LogP contribution in [0.25, 0.3) is 6.08 Å². The first kappa shape index (κ1) is 26.3. The first-order chi connectivity index (χ1) is 18.4. The number of rotatable bonds is 8. The first-order valence-electron chi connectivity index (χ1n) is 11.6. The average molecular weight is 520 g/mol. The zero-order chi connectivity index (χ0) is 27.1. The molecule has 1 unspecified atom stereocenters. The largest absolute Gasteiger partial charge is 0.466 e. The minimum atomic E-state index is -0.973. The van der Waals surface area contributed by atoms with Crippen LogP contribution in [0.3, 0.4) is 0 Å². The van der Waals surface area contributed by atoms with Crippen molar-refractivity contribution in [2.45, 2.75) is 24.9 Å². The maximum atomic E-state index is 12.7. The second-order valence-corrected chi connectivity index (χ2v) is 8.25. The number of benzene rings is 2. The van der Waals surface area contributed by atoms with E-state index in [0.29, 0.717) is 11.1 Å². The van der Waals surface area contributed by atoms with E-state index in [2.05, 4.69) is 9.72 Å². The van der Waals surface area contributed by atoms with Crippen molar-refractivity contribution in [1.82, 2.24) is 9.55 Å². The van der Waals surface area contributed by atoms with E-state index in [1.54, 1.807) is 60.7 Å². The predicted molar refractivity (Wildman–Crippen MR) is 133 cm³/mol. The van der Waals surface area contributed by atoms with Crippen molar-refractivity contribution in [3.63, 3.8) is 0 Å². The zero-order valence-corrected chi connectivity index (χ0v) is 20.3. The number of methoxy groups -OCH3 is 1. The van der Waals surface area contributed by atoms with Crippen LogP contribution in [0.2, 0.25) is 0 Å². The summed E-state index contributed by atoms with van der Waals surface area (Å²) in [6.07, 6.45) is 0.709. The third-order valence-electron chi connectivity index (χ3n) is 5.74. The molecule has 3 aromatic rings. The Labute approximate surface area is 216 Å². The van der Waals surface area contributed by atoms with Gasteiger partial charge in [0.1, 0.15) is 25.0 Å². The van der Waals surface area contributed by atoms with Crippen LogP contribution >= 0.6 is 0 Å². The number of hydrogen-bond donors (Lipinski definition) is 1. The van der Waals surface area contributed by atoms with Gasteiger partial charge in [-0.15, -0.1) is 0 Å². The maximum absolute atomic E-state index is 12.7. The summed E-state index contributed by atoms with van der Waals surface area (Å²) in [5.41, 5.74) is -0.850. The standard InChI is InChI=1S/C27H24N2O9/c1-35-23(30)13-12-19-15-29(27(34)28-24(19)31)22-14-20(38-26(33)18-10-6-3-7-11-18)21(37-22)16-36-25(32)17-8-4-2-5-9-17/h2-13,15,20-22H,14,16H2,1H3,(H,28,31,34)/t20?,21-,22-/m1/s1. The highest BCUT2D eigenvalue weighted by molar-refractivity contribution is 5.90. The fourth-order valence-electron chi connectivity index (χ4n) is 3.80. The number of esters is 3. The zero-order valence-electron chi connectivity index (χ0n) is 20.3. The van der Waals surface area contributed by atoms with Crippen LogP contribution in [-0.4, -0.2) is 53.4 Å². The first-order valence-corrected chi connectivity index (χ1v) is 11.6. The summed E-state index contributed by atoms with van der Waals surface area (Å²) in [5.74, 6) is -1.90. The highest BCUT2D eigenvalue weighted by Gasteiger charge is 2.40. The molecule has 1 aliphatic rings. The quantitative estimate of drug-likeness (QED) is 0.268. The third-order valence-corrected chi connectivity index (χ3v) is 5.74. The van der Waals surface area contributed by atoms with E-state index in [0.717, 1.165) is 10.6 Å². The number of ether oxygens (including phenoxy) is 4. The van der Waals surface area contributed by atoms with Crippen LogP contribution in [-0.2, 0) is 23.7 Å². The summed E-state index contributed by atoms with van der Waals surface area (Å²) < 4.78 is 22.7. The Bertz CT molecular complexity index is 1440. The van der Waals surface area contributed by atoms with Gasteiger partial charge in [-0.2, -0.15) is 0 Å². The molecule has 1 aliphatic heterocycles. The number of nitrogens with zero attached hydrogens (tertiary/aromatic N) is 1. The van der Waals surface area contributed by atoms with Crippen molar-refractivity contribution in [1.29, 1.82) is 0 Å². The number of hydrogen-bond acceptors (Lipinski definition) is 9. The molecule has 0 bridgehead atoms. The SMILES string of the molecule is COC(=O)C=Cc1cn([C@H]2CC(OC(=O)c3ccccc3)[C@@H](COC(=O)c3ccccc3)O2)c(=O)[nH]c1=O. The molecule has 0 amide bonds. The van der Waals surface area contributed by atoms with Crippen molar-refractivity contribution >= 4 is 24.0 Å². The highest BCUT2D eigenvalue weighted by atomic mass is 16.6. The molecule has 1 fully saturated rings. The number of aromatic amines is 1. The molecule has 0 radical (unpaired) electrons. The van der Waals surface area contributed by atoms with Gasteiger partial charge in [0.2, 0.25) is 0 Å². The number of carbonyl (C=O) groups excluding carboxylic acids is 3. The molecular weight excluding hydrogens is 496 g/mol. The molecule has 4 rings (SSSR count). The Morgan fingerprint density at radius 3 is 2.26 bits per heavy atom. The third kappa shape index (κ3) is 6.31. The smallest absolute Gasteiger partial charge is 0.338 e. The lowest BCUT2D eigenvalue weighted by Crippen LogP contribution is -2.33. The Morgan fingerprint density at radius 1 is 1.00 bits per heavy atom. The molecule has 2 heterocycles. The lowest BCUT2D eigenvalue weighted by molar-refractivity contribution is -0.134. The Kier molecular flexibility index (Phi) is 8.29. The minimum Gasteiger partial charge on any atom is -0.466 e. The van der Waals surface area contributed by atoms with Gasteiger partial charge in [0.15, 0.2) is 0 Å². The molecule has 2 aromatic carbocycles. The molecule has 1 aromatic heterocycles. The van der Waals surface area contributed by atoms with Gasteiger partial charge in [-0.05, 0) is 30.3 Å². The van der Waals surface area contributed by atoms with Crippen molar-refractivity contribution in [2.75, 3.05) is 13.7 Å². The molecule has 38 heavy (non-hydrogen) atoms. The maximum Gasteiger partial charge on any atom is 0.338 e. The highest BCUT2D eigenvalue weighted by Crippen LogP contribution is 2.31. The van der Waals surface area contributed by atoms with E-state index >= 15 is 0 Å². The summed E-state index contributed by atoms with van der Waals surface area (Å²) in [6.45, 7) is -0.260. The normalized spacial score (nSPS) is 18.7. The van der Waals surface area contributed by atoms with E-state index in [4.69, 9.17) is 14.2 Å². The lowest BCUT2D eigenvalue weighted by atomic mass is 10.1. The topological polar surface area (TPSA) is 143 Å². The van der Waals surface area contributed by atoms with Gasteiger partial charge in [-0.1, -0.05) is 36.4 Å². The molecular formula is C27H24N2O9. The van der Waals surface area contributed by atoms with Gasteiger partial charge in [0.05, 0.1) is 23.8 Å². The number of aromatic nitrogens is 2. The van der Waals surface area contributed by atoms with Crippen LogP contribution in [0.5, 0.6) is 0 Å². The second-order valence-electron chi connectivity index (χ2n) is 8.25.